The highest BCUT2D eigenvalue weighted by Crippen LogP contribution is 2.12. The van der Waals surface area contributed by atoms with Gasteiger partial charge in [0.25, 0.3) is 0 Å². The predicted molar refractivity (Wildman–Crippen MR) is 57.0 cm³/mol. The Bertz CT molecular complexity index is 290. The highest BCUT2D eigenvalue weighted by Gasteiger charge is 2.22. The molecule has 0 bridgehead atoms. The van der Waals surface area contributed by atoms with E-state index in [-0.39, 0.29) is 6.29 Å². The molecular weight excluding hydrogens is 192 g/mol. The first-order valence-corrected chi connectivity index (χ1v) is 5.27. The molecule has 1 aromatic carbocycles. The minimum absolute atomic E-state index is 0.0596. The summed E-state index contributed by atoms with van der Waals surface area (Å²) in [5.41, 5.74) is 1.25. The molecule has 3 heteroatoms. The molecule has 0 aliphatic carbocycles. The van der Waals surface area contributed by atoms with E-state index in [4.69, 9.17) is 14.2 Å². The van der Waals surface area contributed by atoms with Crippen LogP contribution in [0.2, 0.25) is 0 Å². The third-order valence-corrected chi connectivity index (χ3v) is 2.18. The number of rotatable bonds is 6. The summed E-state index contributed by atoms with van der Waals surface area (Å²) >= 11 is 0. The first kappa shape index (κ1) is 10.5. The first-order valence-electron chi connectivity index (χ1n) is 5.27. The van der Waals surface area contributed by atoms with Gasteiger partial charge in [0.2, 0.25) is 0 Å². The molecule has 0 saturated carbocycles. The van der Waals surface area contributed by atoms with Gasteiger partial charge in [-0.3, -0.25) is 0 Å². The monoisotopic (exact) mass is 208 g/mol. The quantitative estimate of drug-likeness (QED) is 0.530. The van der Waals surface area contributed by atoms with Crippen LogP contribution >= 0.6 is 0 Å². The Morgan fingerprint density at radius 3 is 2.67 bits per heavy atom. The van der Waals surface area contributed by atoms with Gasteiger partial charge in [0.15, 0.2) is 6.29 Å². The van der Waals surface area contributed by atoms with Crippen molar-refractivity contribution in [2.75, 3.05) is 19.8 Å². The molecule has 0 aromatic heterocycles. The summed E-state index contributed by atoms with van der Waals surface area (Å²) in [6, 6.07) is 8.06. The van der Waals surface area contributed by atoms with Crippen LogP contribution in [0.25, 0.3) is 0 Å². The van der Waals surface area contributed by atoms with Gasteiger partial charge in [0.1, 0.15) is 12.4 Å². The maximum Gasteiger partial charge on any atom is 0.181 e. The molecule has 0 amide bonds. The van der Waals surface area contributed by atoms with Gasteiger partial charge < -0.3 is 14.2 Å². The average Bonchev–Trinajstić information content (AvgIpc) is 3.04. The van der Waals surface area contributed by atoms with Gasteiger partial charge >= 0.3 is 0 Å². The fraction of sp³-hybridized carbons (Fsp3) is 0.500. The Labute approximate surface area is 90.0 Å². The molecule has 1 fully saturated rings. The molecule has 2 rings (SSSR count). The number of benzene rings is 1. The van der Waals surface area contributed by atoms with Gasteiger partial charge in [-0.1, -0.05) is 17.7 Å². The van der Waals surface area contributed by atoms with Crippen LogP contribution in [0.1, 0.15) is 12.0 Å². The van der Waals surface area contributed by atoms with Crippen molar-refractivity contribution in [2.24, 2.45) is 0 Å². The second kappa shape index (κ2) is 5.14. The van der Waals surface area contributed by atoms with Crippen molar-refractivity contribution in [3.8, 4) is 5.75 Å². The van der Waals surface area contributed by atoms with Gasteiger partial charge in [0, 0.05) is 6.42 Å². The van der Waals surface area contributed by atoms with E-state index in [9.17, 15) is 0 Å². The van der Waals surface area contributed by atoms with Gasteiger partial charge in [0.05, 0.1) is 13.2 Å². The highest BCUT2D eigenvalue weighted by molar-refractivity contribution is 5.26. The molecule has 1 aromatic rings. The van der Waals surface area contributed by atoms with Crippen LogP contribution in [-0.2, 0) is 9.47 Å². The van der Waals surface area contributed by atoms with Crippen molar-refractivity contribution in [1.29, 1.82) is 0 Å². The molecule has 1 aliphatic rings. The average molecular weight is 208 g/mol. The summed E-state index contributed by atoms with van der Waals surface area (Å²) in [5.74, 6) is 0.920. The SMILES string of the molecule is Cc1ccc(OCCCOC2CO2)cc1. The van der Waals surface area contributed by atoms with Crippen LogP contribution in [0, 0.1) is 6.92 Å². The van der Waals surface area contributed by atoms with Crippen LogP contribution in [0.3, 0.4) is 0 Å². The Kier molecular flexibility index (Phi) is 3.59. The Balaban J connectivity index is 1.58. The topological polar surface area (TPSA) is 31.0 Å². The second-order valence-corrected chi connectivity index (χ2v) is 3.65. The summed E-state index contributed by atoms with van der Waals surface area (Å²) in [7, 11) is 0. The van der Waals surface area contributed by atoms with E-state index < -0.39 is 0 Å². The fourth-order valence-electron chi connectivity index (χ4n) is 1.23. The van der Waals surface area contributed by atoms with E-state index in [1.807, 2.05) is 24.3 Å². The van der Waals surface area contributed by atoms with Gasteiger partial charge in [-0.2, -0.15) is 0 Å². The first-order chi connectivity index (χ1) is 7.34. The largest absolute Gasteiger partial charge is 0.494 e. The van der Waals surface area contributed by atoms with Crippen LogP contribution in [0.5, 0.6) is 5.75 Å². The minimum Gasteiger partial charge on any atom is -0.494 e. The van der Waals surface area contributed by atoms with Crippen molar-refractivity contribution in [1.82, 2.24) is 0 Å². The van der Waals surface area contributed by atoms with E-state index in [2.05, 4.69) is 6.92 Å². The molecule has 1 atom stereocenters. The smallest absolute Gasteiger partial charge is 0.181 e. The zero-order chi connectivity index (χ0) is 10.5. The van der Waals surface area contributed by atoms with Crippen LogP contribution < -0.4 is 4.74 Å². The lowest BCUT2D eigenvalue weighted by Crippen LogP contribution is -2.04. The van der Waals surface area contributed by atoms with Crippen LogP contribution in [0.15, 0.2) is 24.3 Å². The van der Waals surface area contributed by atoms with Crippen molar-refractivity contribution >= 4 is 0 Å². The number of ether oxygens (including phenoxy) is 3. The molecular formula is C12H16O3. The van der Waals surface area contributed by atoms with Crippen molar-refractivity contribution in [2.45, 2.75) is 19.6 Å². The highest BCUT2D eigenvalue weighted by atomic mass is 16.8. The number of epoxide rings is 1. The van der Waals surface area contributed by atoms with Crippen LogP contribution in [-0.4, -0.2) is 26.1 Å². The van der Waals surface area contributed by atoms with Gasteiger partial charge in [-0.05, 0) is 19.1 Å². The van der Waals surface area contributed by atoms with Crippen molar-refractivity contribution < 1.29 is 14.2 Å². The van der Waals surface area contributed by atoms with Gasteiger partial charge in [-0.15, -0.1) is 0 Å². The predicted octanol–water partition coefficient (Wildman–Crippen LogP) is 2.14. The number of hydrogen-bond donors (Lipinski definition) is 0. The van der Waals surface area contributed by atoms with Crippen molar-refractivity contribution in [3.63, 3.8) is 0 Å². The summed E-state index contributed by atoms with van der Waals surface area (Å²) in [6.07, 6.45) is 0.956. The molecule has 0 N–H and O–H groups in total. The molecule has 0 spiro atoms. The molecule has 1 saturated heterocycles. The maximum atomic E-state index is 5.54. The standard InChI is InChI=1S/C12H16O3/c1-10-3-5-11(6-4-10)13-7-2-8-14-12-9-15-12/h3-6,12H,2,7-9H2,1H3. The summed E-state index contributed by atoms with van der Waals surface area (Å²) in [5, 5.41) is 0. The normalized spacial score (nSPS) is 18.9. The molecule has 3 nitrogen and oxygen atoms in total. The van der Waals surface area contributed by atoms with E-state index >= 15 is 0 Å². The number of aryl methyl sites for hydroxylation is 1. The third-order valence-electron chi connectivity index (χ3n) is 2.18. The lowest BCUT2D eigenvalue weighted by Gasteiger charge is -2.05. The summed E-state index contributed by atoms with van der Waals surface area (Å²) in [4.78, 5) is 0. The van der Waals surface area contributed by atoms with E-state index in [1.165, 1.54) is 5.56 Å². The molecule has 1 aliphatic heterocycles. The molecule has 1 unspecified atom stereocenters. The fourth-order valence-corrected chi connectivity index (χ4v) is 1.23. The zero-order valence-electron chi connectivity index (χ0n) is 8.94. The lowest BCUT2D eigenvalue weighted by atomic mass is 10.2. The molecule has 15 heavy (non-hydrogen) atoms. The Hall–Kier alpha value is -1.06. The Morgan fingerprint density at radius 1 is 1.27 bits per heavy atom. The zero-order valence-corrected chi connectivity index (χ0v) is 8.94. The summed E-state index contributed by atoms with van der Waals surface area (Å²) in [6.45, 7) is 4.21. The lowest BCUT2D eigenvalue weighted by molar-refractivity contribution is 0.0435. The number of hydrogen-bond acceptors (Lipinski definition) is 3. The van der Waals surface area contributed by atoms with Crippen molar-refractivity contribution in [3.05, 3.63) is 29.8 Å². The van der Waals surface area contributed by atoms with E-state index in [1.54, 1.807) is 0 Å². The van der Waals surface area contributed by atoms with Crippen LogP contribution in [0.4, 0.5) is 0 Å². The molecule has 1 heterocycles. The minimum atomic E-state index is 0.0596. The van der Waals surface area contributed by atoms with E-state index in [0.29, 0.717) is 13.2 Å². The summed E-state index contributed by atoms with van der Waals surface area (Å²) < 4.78 is 15.8. The molecule has 0 radical (unpaired) electrons. The van der Waals surface area contributed by atoms with Gasteiger partial charge in [-0.25, -0.2) is 0 Å². The Morgan fingerprint density at radius 2 is 2.00 bits per heavy atom. The van der Waals surface area contributed by atoms with E-state index in [0.717, 1.165) is 18.8 Å². The third kappa shape index (κ3) is 3.90. The second-order valence-electron chi connectivity index (χ2n) is 3.65. The molecule has 82 valence electrons. The maximum absolute atomic E-state index is 5.54.